The Morgan fingerprint density at radius 3 is 2.45 bits per heavy atom. The molecule has 0 unspecified atom stereocenters. The van der Waals surface area contributed by atoms with Crippen LogP contribution in [0.15, 0.2) is 54.7 Å². The summed E-state index contributed by atoms with van der Waals surface area (Å²) in [6.45, 7) is 3.94. The van der Waals surface area contributed by atoms with Crippen molar-refractivity contribution in [2.24, 2.45) is 0 Å². The predicted molar refractivity (Wildman–Crippen MR) is 123 cm³/mol. The van der Waals surface area contributed by atoms with Crippen LogP contribution in [0.25, 0.3) is 6.08 Å². The molecule has 0 bridgehead atoms. The van der Waals surface area contributed by atoms with Gasteiger partial charge in [-0.1, -0.05) is 41.4 Å². The molecule has 7 nitrogen and oxygen atoms in total. The highest BCUT2D eigenvalue weighted by molar-refractivity contribution is 6.34. The number of rotatable bonds is 6. The molecule has 0 radical (unpaired) electrons. The maximum absolute atomic E-state index is 12.6. The molecule has 0 spiro atoms. The molecule has 0 aliphatic carbocycles. The number of anilines is 2. The number of aromatic nitrogens is 2. The zero-order chi connectivity index (χ0) is 22.4. The molecule has 2 amide bonds. The van der Waals surface area contributed by atoms with Gasteiger partial charge < -0.3 is 5.32 Å². The van der Waals surface area contributed by atoms with Crippen LogP contribution in [0.5, 0.6) is 0 Å². The zero-order valence-corrected chi connectivity index (χ0v) is 18.3. The summed E-state index contributed by atoms with van der Waals surface area (Å²) in [5.41, 5.74) is 8.56. The number of carbonyl (C=O) groups is 2. The summed E-state index contributed by atoms with van der Waals surface area (Å²) in [5, 5.41) is 3.45. The third-order valence-corrected chi connectivity index (χ3v) is 4.85. The van der Waals surface area contributed by atoms with Crippen LogP contribution in [0.2, 0.25) is 10.0 Å². The normalized spacial score (nSPS) is 10.7. The van der Waals surface area contributed by atoms with Crippen molar-refractivity contribution in [3.8, 4) is 0 Å². The summed E-state index contributed by atoms with van der Waals surface area (Å²) in [7, 11) is 0. The molecule has 9 heteroatoms. The Balaban J connectivity index is 1.63. The highest BCUT2D eigenvalue weighted by Crippen LogP contribution is 2.18. The number of benzene rings is 2. The van der Waals surface area contributed by atoms with Crippen LogP contribution < -0.4 is 16.2 Å². The first-order chi connectivity index (χ1) is 14.8. The van der Waals surface area contributed by atoms with E-state index in [1.54, 1.807) is 36.4 Å². The quantitative estimate of drug-likeness (QED) is 0.366. The summed E-state index contributed by atoms with van der Waals surface area (Å²) < 4.78 is 0. The molecule has 3 rings (SSSR count). The highest BCUT2D eigenvalue weighted by atomic mass is 35.5. The maximum Gasteiger partial charge on any atom is 0.276 e. The summed E-state index contributed by atoms with van der Waals surface area (Å²) in [6, 6.07) is 12.6. The van der Waals surface area contributed by atoms with Crippen molar-refractivity contribution in [2.45, 2.75) is 13.8 Å². The van der Waals surface area contributed by atoms with Crippen LogP contribution in [-0.4, -0.2) is 21.8 Å². The predicted octanol–water partition coefficient (Wildman–Crippen LogP) is 4.81. The molecule has 0 saturated carbocycles. The standard InChI is InChI=1S/C22H19Cl2N5O2/c1-13-3-9-17(11-14(13)2)26-21(31)20-18(24)12-25-22(27-20)29-28-19(30)10-6-15-4-7-16(23)8-5-15/h3-12H,1-2H3,(H,26,31)(H,28,30)(H,25,27,29). The van der Waals surface area contributed by atoms with Crippen molar-refractivity contribution >= 4 is 52.7 Å². The van der Waals surface area contributed by atoms with Crippen molar-refractivity contribution in [3.63, 3.8) is 0 Å². The van der Waals surface area contributed by atoms with E-state index in [1.165, 1.54) is 12.3 Å². The fourth-order valence-electron chi connectivity index (χ4n) is 2.50. The van der Waals surface area contributed by atoms with E-state index in [0.717, 1.165) is 16.7 Å². The summed E-state index contributed by atoms with van der Waals surface area (Å²) in [6.07, 6.45) is 4.24. The summed E-state index contributed by atoms with van der Waals surface area (Å²) in [5.74, 6) is -0.912. The van der Waals surface area contributed by atoms with Crippen LogP contribution >= 0.6 is 23.2 Å². The second kappa shape index (κ2) is 10.1. The van der Waals surface area contributed by atoms with E-state index < -0.39 is 11.8 Å². The molecule has 3 N–H and O–H groups in total. The second-order valence-corrected chi connectivity index (χ2v) is 7.49. The Hall–Kier alpha value is -3.42. The van der Waals surface area contributed by atoms with Gasteiger partial charge in [-0.25, -0.2) is 9.97 Å². The Morgan fingerprint density at radius 1 is 1.00 bits per heavy atom. The fourth-order valence-corrected chi connectivity index (χ4v) is 2.80. The number of nitrogens with one attached hydrogen (secondary N) is 3. The first-order valence-corrected chi connectivity index (χ1v) is 9.98. The first-order valence-electron chi connectivity index (χ1n) is 9.22. The molecule has 1 heterocycles. The van der Waals surface area contributed by atoms with Crippen molar-refractivity contribution in [1.29, 1.82) is 0 Å². The number of hydrogen-bond acceptors (Lipinski definition) is 5. The molecule has 0 atom stereocenters. The van der Waals surface area contributed by atoms with Gasteiger partial charge in [-0.3, -0.25) is 20.4 Å². The lowest BCUT2D eigenvalue weighted by Crippen LogP contribution is -2.29. The summed E-state index contributed by atoms with van der Waals surface area (Å²) >= 11 is 11.9. The number of halogens is 2. The largest absolute Gasteiger partial charge is 0.321 e. The van der Waals surface area contributed by atoms with Crippen LogP contribution in [0.4, 0.5) is 11.6 Å². The van der Waals surface area contributed by atoms with Gasteiger partial charge in [0.15, 0.2) is 5.69 Å². The number of nitrogens with zero attached hydrogens (tertiary/aromatic N) is 2. The van der Waals surface area contributed by atoms with E-state index in [9.17, 15) is 9.59 Å². The van der Waals surface area contributed by atoms with E-state index >= 15 is 0 Å². The molecule has 0 aliphatic heterocycles. The minimum absolute atomic E-state index is 0.0166. The number of carbonyl (C=O) groups excluding carboxylic acids is 2. The van der Waals surface area contributed by atoms with Gasteiger partial charge in [-0.05, 0) is 60.9 Å². The fraction of sp³-hybridized carbons (Fsp3) is 0.0909. The molecule has 3 aromatic rings. The molecule has 158 valence electrons. The molecule has 0 aliphatic rings. The van der Waals surface area contributed by atoms with Gasteiger partial charge in [0, 0.05) is 16.8 Å². The highest BCUT2D eigenvalue weighted by Gasteiger charge is 2.15. The van der Waals surface area contributed by atoms with E-state index in [4.69, 9.17) is 23.2 Å². The maximum atomic E-state index is 12.6. The lowest BCUT2D eigenvalue weighted by Gasteiger charge is -2.10. The van der Waals surface area contributed by atoms with Gasteiger partial charge in [0.1, 0.15) is 0 Å². The monoisotopic (exact) mass is 455 g/mol. The first kappa shape index (κ1) is 22.3. The van der Waals surface area contributed by atoms with Gasteiger partial charge in [0.25, 0.3) is 11.8 Å². The Morgan fingerprint density at radius 2 is 1.74 bits per heavy atom. The lowest BCUT2D eigenvalue weighted by molar-refractivity contribution is -0.116. The van der Waals surface area contributed by atoms with Crippen molar-refractivity contribution in [3.05, 3.63) is 87.2 Å². The van der Waals surface area contributed by atoms with Crippen LogP contribution in [0, 0.1) is 13.8 Å². The molecule has 1 aromatic heterocycles. The van der Waals surface area contributed by atoms with Crippen LogP contribution in [0.3, 0.4) is 0 Å². The van der Waals surface area contributed by atoms with E-state index in [0.29, 0.717) is 10.7 Å². The molecular formula is C22H19Cl2N5O2. The topological polar surface area (TPSA) is 96.0 Å². The van der Waals surface area contributed by atoms with E-state index in [-0.39, 0.29) is 16.7 Å². The average Bonchev–Trinajstić information content (AvgIpc) is 2.75. The number of hydrogen-bond donors (Lipinski definition) is 3. The zero-order valence-electron chi connectivity index (χ0n) is 16.7. The van der Waals surface area contributed by atoms with Gasteiger partial charge in [0.05, 0.1) is 11.2 Å². The second-order valence-electron chi connectivity index (χ2n) is 6.64. The van der Waals surface area contributed by atoms with Gasteiger partial charge >= 0.3 is 0 Å². The number of aryl methyl sites for hydroxylation is 2. The van der Waals surface area contributed by atoms with Crippen molar-refractivity contribution in [2.75, 3.05) is 10.7 Å². The van der Waals surface area contributed by atoms with Crippen LogP contribution in [-0.2, 0) is 4.79 Å². The van der Waals surface area contributed by atoms with Gasteiger partial charge in [0.2, 0.25) is 5.95 Å². The average molecular weight is 456 g/mol. The molecule has 0 saturated heterocycles. The molecule has 0 fully saturated rings. The van der Waals surface area contributed by atoms with Crippen molar-refractivity contribution < 1.29 is 9.59 Å². The lowest BCUT2D eigenvalue weighted by atomic mass is 10.1. The van der Waals surface area contributed by atoms with Crippen LogP contribution in [0.1, 0.15) is 27.2 Å². The third kappa shape index (κ3) is 6.28. The van der Waals surface area contributed by atoms with Gasteiger partial charge in [-0.15, -0.1) is 0 Å². The Labute approximate surface area is 189 Å². The van der Waals surface area contributed by atoms with Crippen molar-refractivity contribution in [1.82, 2.24) is 15.4 Å². The number of amides is 2. The third-order valence-electron chi connectivity index (χ3n) is 4.32. The summed E-state index contributed by atoms with van der Waals surface area (Å²) in [4.78, 5) is 32.6. The van der Waals surface area contributed by atoms with E-state index in [2.05, 4.69) is 26.1 Å². The molecular weight excluding hydrogens is 437 g/mol. The Kier molecular flexibility index (Phi) is 7.23. The van der Waals surface area contributed by atoms with Gasteiger partial charge in [-0.2, -0.15) is 0 Å². The minimum atomic E-state index is -0.493. The Bertz CT molecular complexity index is 1150. The van der Waals surface area contributed by atoms with E-state index in [1.807, 2.05) is 26.0 Å². The minimum Gasteiger partial charge on any atom is -0.321 e. The smallest absolute Gasteiger partial charge is 0.276 e. The SMILES string of the molecule is Cc1ccc(NC(=O)c2nc(NNC(=O)C=Cc3ccc(Cl)cc3)ncc2Cl)cc1C. The molecule has 31 heavy (non-hydrogen) atoms. The number of hydrazine groups is 1. The molecule has 2 aromatic carbocycles.